The molecule has 4 rings (SSSR count). The molecular formula is C26H29N5O4S. The molecule has 1 aliphatic heterocycles. The third-order valence-electron chi connectivity index (χ3n) is 6.13. The Kier molecular flexibility index (Phi) is 6.81. The highest BCUT2D eigenvalue weighted by Gasteiger charge is 2.39. The number of hydrogen-bond donors (Lipinski definition) is 2. The number of ketones is 1. The molecule has 3 heterocycles. The molecule has 0 bridgehead atoms. The van der Waals surface area contributed by atoms with E-state index in [1.165, 1.54) is 19.1 Å². The van der Waals surface area contributed by atoms with Crippen LogP contribution in [0, 0.1) is 5.92 Å². The number of amides is 1. The molecule has 1 aliphatic rings. The van der Waals surface area contributed by atoms with Crippen LogP contribution in [0.1, 0.15) is 54.8 Å². The molecule has 2 aromatic heterocycles. The van der Waals surface area contributed by atoms with Crippen molar-refractivity contribution in [1.29, 1.82) is 0 Å². The van der Waals surface area contributed by atoms with E-state index in [0.29, 0.717) is 23.0 Å². The topological polar surface area (TPSA) is 121 Å². The van der Waals surface area contributed by atoms with Crippen LogP contribution in [0.15, 0.2) is 65.8 Å². The highest BCUT2D eigenvalue weighted by molar-refractivity contribution is 7.90. The van der Waals surface area contributed by atoms with Crippen molar-refractivity contribution in [3.8, 4) is 0 Å². The maximum absolute atomic E-state index is 13.1. The lowest BCUT2D eigenvalue weighted by Crippen LogP contribution is -2.41. The fraction of sp³-hybridized carbons (Fsp3) is 0.308. The van der Waals surface area contributed by atoms with Crippen LogP contribution < -0.4 is 14.9 Å². The number of hydrogen-bond acceptors (Lipinski definition) is 8. The number of pyridine rings is 2. The van der Waals surface area contributed by atoms with Crippen LogP contribution in [0.4, 0.5) is 17.3 Å². The van der Waals surface area contributed by atoms with Crippen LogP contribution in [0.3, 0.4) is 0 Å². The first-order chi connectivity index (χ1) is 17.0. The Bertz CT molecular complexity index is 1420. The Hall–Kier alpha value is -3.79. The van der Waals surface area contributed by atoms with Gasteiger partial charge in [-0.05, 0) is 69.5 Å². The summed E-state index contributed by atoms with van der Waals surface area (Å²) in [7, 11) is -4.27. The predicted molar refractivity (Wildman–Crippen MR) is 138 cm³/mol. The van der Waals surface area contributed by atoms with Crippen LogP contribution in [-0.4, -0.2) is 42.2 Å². The summed E-state index contributed by atoms with van der Waals surface area (Å²) in [5.41, 5.74) is 1.05. The Balaban J connectivity index is 1.57. The van der Waals surface area contributed by atoms with Gasteiger partial charge in [0.25, 0.3) is 15.9 Å². The number of sulfonamides is 1. The number of nitrogens with one attached hydrogen (secondary N) is 2. The van der Waals surface area contributed by atoms with E-state index in [-0.39, 0.29) is 27.7 Å². The molecule has 1 atom stereocenters. The maximum atomic E-state index is 13.1. The van der Waals surface area contributed by atoms with Crippen molar-refractivity contribution in [2.24, 2.45) is 5.92 Å². The monoisotopic (exact) mass is 507 g/mol. The first-order valence-corrected chi connectivity index (χ1v) is 13.1. The number of anilines is 3. The predicted octanol–water partition coefficient (Wildman–Crippen LogP) is 4.17. The highest BCUT2D eigenvalue weighted by atomic mass is 32.2. The van der Waals surface area contributed by atoms with Gasteiger partial charge in [0.1, 0.15) is 11.6 Å². The minimum atomic E-state index is -4.27. The first-order valence-electron chi connectivity index (χ1n) is 11.6. The fourth-order valence-electron chi connectivity index (χ4n) is 4.58. The molecule has 1 fully saturated rings. The van der Waals surface area contributed by atoms with Gasteiger partial charge in [-0.25, -0.2) is 14.7 Å². The van der Waals surface area contributed by atoms with Gasteiger partial charge < -0.3 is 10.2 Å². The third kappa shape index (κ3) is 5.38. The van der Waals surface area contributed by atoms with Gasteiger partial charge >= 0.3 is 0 Å². The van der Waals surface area contributed by atoms with E-state index < -0.39 is 15.9 Å². The van der Waals surface area contributed by atoms with Gasteiger partial charge in [-0.1, -0.05) is 25.1 Å². The molecular weight excluding hydrogens is 478 g/mol. The average molecular weight is 508 g/mol. The average Bonchev–Trinajstić information content (AvgIpc) is 3.10. The second-order valence-electron chi connectivity index (χ2n) is 9.66. The molecule has 1 aromatic carbocycles. The molecule has 9 nitrogen and oxygen atoms in total. The van der Waals surface area contributed by atoms with Crippen molar-refractivity contribution in [2.45, 2.75) is 44.7 Å². The zero-order valence-electron chi connectivity index (χ0n) is 20.6. The fourth-order valence-corrected chi connectivity index (χ4v) is 5.51. The SMILES string of the molecule is CC(=O)c1cccc(Nc2cccc(S(=O)(=O)NC(=O)c3cccnc3N3CC(C)CC3(C)C)n2)c1. The number of aromatic nitrogens is 2. The molecule has 10 heteroatoms. The lowest BCUT2D eigenvalue weighted by molar-refractivity contribution is 0.0979. The summed E-state index contributed by atoms with van der Waals surface area (Å²) in [6.45, 7) is 8.48. The van der Waals surface area contributed by atoms with Crippen molar-refractivity contribution >= 4 is 39.0 Å². The van der Waals surface area contributed by atoms with Crippen LogP contribution >= 0.6 is 0 Å². The summed E-state index contributed by atoms with van der Waals surface area (Å²) in [5.74, 6) is 0.251. The molecule has 1 unspecified atom stereocenters. The van der Waals surface area contributed by atoms with E-state index >= 15 is 0 Å². The van der Waals surface area contributed by atoms with Crippen molar-refractivity contribution in [1.82, 2.24) is 14.7 Å². The van der Waals surface area contributed by atoms with Gasteiger partial charge in [-0.15, -0.1) is 0 Å². The highest BCUT2D eigenvalue weighted by Crippen LogP contribution is 2.37. The molecule has 188 valence electrons. The summed E-state index contributed by atoms with van der Waals surface area (Å²) in [4.78, 5) is 35.4. The molecule has 1 saturated heterocycles. The quantitative estimate of drug-likeness (QED) is 0.457. The lowest BCUT2D eigenvalue weighted by Gasteiger charge is -2.33. The molecule has 2 N–H and O–H groups in total. The van der Waals surface area contributed by atoms with E-state index in [1.807, 2.05) is 0 Å². The van der Waals surface area contributed by atoms with Crippen LogP contribution in [0.2, 0.25) is 0 Å². The van der Waals surface area contributed by atoms with E-state index in [1.54, 1.807) is 48.7 Å². The molecule has 1 amide bonds. The number of benzene rings is 1. The van der Waals surface area contributed by atoms with E-state index in [2.05, 4.69) is 45.7 Å². The Morgan fingerprint density at radius 2 is 1.83 bits per heavy atom. The third-order valence-corrected chi connectivity index (χ3v) is 7.36. The minimum Gasteiger partial charge on any atom is -0.351 e. The van der Waals surface area contributed by atoms with Crippen molar-refractivity contribution in [2.75, 3.05) is 16.8 Å². The Morgan fingerprint density at radius 3 is 2.53 bits per heavy atom. The van der Waals surface area contributed by atoms with Gasteiger partial charge in [0.05, 0.1) is 5.56 Å². The summed E-state index contributed by atoms with van der Waals surface area (Å²) >= 11 is 0. The Labute approximate surface area is 211 Å². The van der Waals surface area contributed by atoms with Gasteiger partial charge in [0, 0.05) is 29.5 Å². The maximum Gasteiger partial charge on any atom is 0.281 e. The molecule has 0 aliphatic carbocycles. The lowest BCUT2D eigenvalue weighted by atomic mass is 9.97. The van der Waals surface area contributed by atoms with Crippen molar-refractivity contribution in [3.63, 3.8) is 0 Å². The van der Waals surface area contributed by atoms with Crippen molar-refractivity contribution < 1.29 is 18.0 Å². The molecule has 3 aromatic rings. The summed E-state index contributed by atoms with van der Waals surface area (Å²) in [5, 5.41) is 2.68. The van der Waals surface area contributed by atoms with Gasteiger partial charge in [-0.3, -0.25) is 9.59 Å². The summed E-state index contributed by atoms with van der Waals surface area (Å²) in [6, 6.07) is 14.4. The van der Waals surface area contributed by atoms with Crippen LogP contribution in [0.5, 0.6) is 0 Å². The van der Waals surface area contributed by atoms with Gasteiger partial charge in [0.15, 0.2) is 10.8 Å². The minimum absolute atomic E-state index is 0.0906. The largest absolute Gasteiger partial charge is 0.351 e. The zero-order valence-corrected chi connectivity index (χ0v) is 21.5. The Morgan fingerprint density at radius 1 is 1.08 bits per heavy atom. The summed E-state index contributed by atoms with van der Waals surface area (Å²) in [6.07, 6.45) is 2.53. The van der Waals surface area contributed by atoms with Crippen LogP contribution in [-0.2, 0) is 10.0 Å². The van der Waals surface area contributed by atoms with E-state index in [9.17, 15) is 18.0 Å². The normalized spacial score (nSPS) is 17.0. The zero-order chi connectivity index (χ0) is 26.1. The number of Topliss-reactive ketones (excluding diaryl/α,β-unsaturated/α-hetero) is 1. The smallest absolute Gasteiger partial charge is 0.281 e. The second kappa shape index (κ2) is 9.69. The van der Waals surface area contributed by atoms with E-state index in [0.717, 1.165) is 13.0 Å². The number of carbonyl (C=O) groups excluding carboxylic acids is 2. The molecule has 0 spiro atoms. The first kappa shape index (κ1) is 25.3. The standard InChI is InChI=1S/C26H29N5O4S/c1-17-15-26(3,4)31(16-17)24-21(10-7-13-27-24)25(33)30-36(34,35)23-12-6-11-22(29-23)28-20-9-5-8-19(14-20)18(2)32/h5-14,17H,15-16H2,1-4H3,(H,28,29)(H,30,33). The number of nitrogens with zero attached hydrogens (tertiary/aromatic N) is 3. The summed E-state index contributed by atoms with van der Waals surface area (Å²) < 4.78 is 28.3. The number of rotatable bonds is 7. The molecule has 0 radical (unpaired) electrons. The van der Waals surface area contributed by atoms with Crippen molar-refractivity contribution in [3.05, 3.63) is 71.9 Å². The van der Waals surface area contributed by atoms with Crippen LogP contribution in [0.25, 0.3) is 0 Å². The number of carbonyl (C=O) groups is 2. The second-order valence-corrected chi connectivity index (χ2v) is 11.3. The molecule has 36 heavy (non-hydrogen) atoms. The van der Waals surface area contributed by atoms with Gasteiger partial charge in [0.2, 0.25) is 0 Å². The van der Waals surface area contributed by atoms with E-state index in [4.69, 9.17) is 0 Å². The molecule has 0 saturated carbocycles. The van der Waals surface area contributed by atoms with Gasteiger partial charge in [-0.2, -0.15) is 8.42 Å².